The van der Waals surface area contributed by atoms with Gasteiger partial charge in [0.15, 0.2) is 5.78 Å². The topological polar surface area (TPSA) is 30.0 Å². The van der Waals surface area contributed by atoms with Gasteiger partial charge in [-0.1, -0.05) is 129 Å². The van der Waals surface area contributed by atoms with Gasteiger partial charge in [0, 0.05) is 27.7 Å². The second-order valence-corrected chi connectivity index (χ2v) is 11.2. The molecule has 5 aromatic carbocycles. The van der Waals surface area contributed by atoms with Crippen molar-refractivity contribution in [1.82, 2.24) is 4.98 Å². The predicted molar refractivity (Wildman–Crippen MR) is 168 cm³/mol. The summed E-state index contributed by atoms with van der Waals surface area (Å²) in [5.74, 6) is 0.0951. The third-order valence-corrected chi connectivity index (χ3v) is 8.28. The molecule has 0 fully saturated rings. The van der Waals surface area contributed by atoms with Gasteiger partial charge in [0.2, 0.25) is 0 Å². The molecular formula is C39H29NO. The highest BCUT2D eigenvalue weighted by atomic mass is 16.1. The van der Waals surface area contributed by atoms with Crippen LogP contribution < -0.4 is 0 Å². The largest absolute Gasteiger partial charge is 0.289 e. The molecular weight excluding hydrogens is 498 g/mol. The van der Waals surface area contributed by atoms with Crippen molar-refractivity contribution < 1.29 is 4.79 Å². The molecule has 1 aliphatic rings. The van der Waals surface area contributed by atoms with E-state index in [-0.39, 0.29) is 11.2 Å². The Hall–Kier alpha value is -5.08. The summed E-state index contributed by atoms with van der Waals surface area (Å²) in [6.45, 7) is 4.40. The van der Waals surface area contributed by atoms with E-state index in [4.69, 9.17) is 4.98 Å². The molecule has 0 saturated carbocycles. The van der Waals surface area contributed by atoms with Crippen molar-refractivity contribution in [1.29, 1.82) is 0 Å². The van der Waals surface area contributed by atoms with E-state index in [1.54, 1.807) is 0 Å². The molecule has 6 aromatic rings. The lowest BCUT2D eigenvalue weighted by Crippen LogP contribution is -2.30. The lowest BCUT2D eigenvalue weighted by Gasteiger charge is -2.34. The maximum absolute atomic E-state index is 13.6. The van der Waals surface area contributed by atoms with Crippen molar-refractivity contribution >= 4 is 5.78 Å². The van der Waals surface area contributed by atoms with Gasteiger partial charge in [-0.15, -0.1) is 0 Å². The van der Waals surface area contributed by atoms with Crippen LogP contribution in [0.3, 0.4) is 0 Å². The molecule has 2 heteroatoms. The van der Waals surface area contributed by atoms with Crippen LogP contribution in [0.5, 0.6) is 0 Å². The molecule has 0 atom stereocenters. The van der Waals surface area contributed by atoms with E-state index in [1.807, 2.05) is 42.5 Å². The van der Waals surface area contributed by atoms with Gasteiger partial charge in [-0.25, -0.2) is 4.98 Å². The van der Waals surface area contributed by atoms with Gasteiger partial charge in [-0.2, -0.15) is 0 Å². The molecule has 41 heavy (non-hydrogen) atoms. The first-order chi connectivity index (χ1) is 20.0. The Labute approximate surface area is 241 Å². The van der Waals surface area contributed by atoms with Gasteiger partial charge < -0.3 is 0 Å². The molecule has 0 spiro atoms. The fraction of sp³-hybridized carbons (Fsp3) is 0.0769. The van der Waals surface area contributed by atoms with Crippen LogP contribution in [0.1, 0.15) is 40.9 Å². The van der Waals surface area contributed by atoms with Crippen LogP contribution in [0, 0.1) is 0 Å². The summed E-state index contributed by atoms with van der Waals surface area (Å²) < 4.78 is 0. The van der Waals surface area contributed by atoms with Crippen molar-refractivity contribution in [3.05, 3.63) is 162 Å². The van der Waals surface area contributed by atoms with E-state index >= 15 is 0 Å². The molecule has 0 radical (unpaired) electrons. The van der Waals surface area contributed by atoms with Crippen molar-refractivity contribution in [2.75, 3.05) is 0 Å². The Bertz CT molecular complexity index is 1860. The minimum absolute atomic E-state index is 0.0951. The first-order valence-electron chi connectivity index (χ1n) is 14.0. The molecule has 0 bridgehead atoms. The lowest BCUT2D eigenvalue weighted by atomic mass is 9.68. The summed E-state index contributed by atoms with van der Waals surface area (Å²) in [6, 6.07) is 47.9. The summed E-state index contributed by atoms with van der Waals surface area (Å²) in [7, 11) is 0. The van der Waals surface area contributed by atoms with Crippen molar-refractivity contribution in [3.63, 3.8) is 0 Å². The third kappa shape index (κ3) is 4.38. The Kier molecular flexibility index (Phi) is 5.98. The average molecular weight is 528 g/mol. The normalized spacial score (nSPS) is 13.4. The van der Waals surface area contributed by atoms with Crippen molar-refractivity contribution in [2.24, 2.45) is 0 Å². The zero-order chi connectivity index (χ0) is 28.0. The minimum atomic E-state index is -0.240. The summed E-state index contributed by atoms with van der Waals surface area (Å²) in [6.07, 6.45) is 0. The molecule has 0 aliphatic heterocycles. The number of hydrogen-bond donors (Lipinski definition) is 0. The second-order valence-electron chi connectivity index (χ2n) is 11.2. The van der Waals surface area contributed by atoms with Crippen LogP contribution in [0.4, 0.5) is 0 Å². The van der Waals surface area contributed by atoms with Crippen LogP contribution in [0.15, 0.2) is 140 Å². The predicted octanol–water partition coefficient (Wildman–Crippen LogP) is 9.62. The summed E-state index contributed by atoms with van der Waals surface area (Å²) in [5.41, 5.74) is 11.8. The van der Waals surface area contributed by atoms with Crippen LogP contribution in [-0.4, -0.2) is 10.8 Å². The second kappa shape index (κ2) is 9.83. The molecule has 0 N–H and O–H groups in total. The number of pyridine rings is 1. The smallest absolute Gasteiger partial charge is 0.193 e. The fourth-order valence-electron chi connectivity index (χ4n) is 6.06. The Morgan fingerprint density at radius 3 is 1.76 bits per heavy atom. The molecule has 1 aromatic heterocycles. The SMILES string of the molecule is CC1(C)c2ccccc2C(=O)c2cc(-c3cccc(-c4cc(-c5ccccc5)cc(-c5ccccc5)n4)c3)ccc21. The van der Waals surface area contributed by atoms with Crippen molar-refractivity contribution in [2.45, 2.75) is 19.3 Å². The van der Waals surface area contributed by atoms with Crippen LogP contribution >= 0.6 is 0 Å². The number of hydrogen-bond acceptors (Lipinski definition) is 2. The highest BCUT2D eigenvalue weighted by Gasteiger charge is 2.36. The molecule has 2 nitrogen and oxygen atoms in total. The van der Waals surface area contributed by atoms with E-state index in [0.29, 0.717) is 0 Å². The van der Waals surface area contributed by atoms with E-state index in [1.165, 1.54) is 0 Å². The number of aromatic nitrogens is 1. The first kappa shape index (κ1) is 24.9. The van der Waals surface area contributed by atoms with Gasteiger partial charge in [0.05, 0.1) is 11.4 Å². The maximum atomic E-state index is 13.6. The van der Waals surface area contributed by atoms with Gasteiger partial charge in [-0.05, 0) is 57.6 Å². The number of benzene rings is 5. The number of ketones is 1. The molecule has 1 heterocycles. The van der Waals surface area contributed by atoms with Gasteiger partial charge in [0.1, 0.15) is 0 Å². The molecule has 196 valence electrons. The molecule has 7 rings (SSSR count). The standard InChI is InChI=1S/C39H29NO/c1-39(2)34-19-10-9-18-32(34)38(41)33-23-29(20-21-35(33)39)28-16-11-17-30(22-28)37-25-31(26-12-5-3-6-13-26)24-36(40-37)27-14-7-4-8-15-27/h3-25H,1-2H3. The summed E-state index contributed by atoms with van der Waals surface area (Å²) in [5, 5.41) is 0. The fourth-order valence-corrected chi connectivity index (χ4v) is 6.06. The van der Waals surface area contributed by atoms with E-state index in [0.717, 1.165) is 67.0 Å². The third-order valence-electron chi connectivity index (χ3n) is 8.28. The number of fused-ring (bicyclic) bond motifs is 2. The molecule has 0 unspecified atom stereocenters. The minimum Gasteiger partial charge on any atom is -0.289 e. The monoisotopic (exact) mass is 527 g/mol. The quantitative estimate of drug-likeness (QED) is 0.228. The van der Waals surface area contributed by atoms with Gasteiger partial charge >= 0.3 is 0 Å². The molecule has 1 aliphatic carbocycles. The van der Waals surface area contributed by atoms with E-state index < -0.39 is 0 Å². The Morgan fingerprint density at radius 1 is 0.439 bits per heavy atom. The zero-order valence-corrected chi connectivity index (χ0v) is 23.1. The number of carbonyl (C=O) groups excluding carboxylic acids is 1. The van der Waals surface area contributed by atoms with Gasteiger partial charge in [-0.3, -0.25) is 4.79 Å². The highest BCUT2D eigenvalue weighted by Crippen LogP contribution is 2.42. The van der Waals surface area contributed by atoms with Crippen LogP contribution in [-0.2, 0) is 5.41 Å². The highest BCUT2D eigenvalue weighted by molar-refractivity contribution is 6.13. The van der Waals surface area contributed by atoms with E-state index in [9.17, 15) is 4.79 Å². The molecule has 0 amide bonds. The van der Waals surface area contributed by atoms with Crippen LogP contribution in [0.25, 0.3) is 44.8 Å². The Balaban J connectivity index is 1.33. The number of nitrogens with zero attached hydrogens (tertiary/aromatic N) is 1. The number of carbonyl (C=O) groups is 1. The van der Waals surface area contributed by atoms with Gasteiger partial charge in [0.25, 0.3) is 0 Å². The average Bonchev–Trinajstić information content (AvgIpc) is 3.04. The lowest BCUT2D eigenvalue weighted by molar-refractivity contribution is 0.103. The Morgan fingerprint density at radius 2 is 1.00 bits per heavy atom. The number of rotatable bonds is 4. The summed E-state index contributed by atoms with van der Waals surface area (Å²) in [4.78, 5) is 18.7. The van der Waals surface area contributed by atoms with Crippen LogP contribution in [0.2, 0.25) is 0 Å². The first-order valence-corrected chi connectivity index (χ1v) is 14.0. The zero-order valence-electron chi connectivity index (χ0n) is 23.1. The van der Waals surface area contributed by atoms with E-state index in [2.05, 4.69) is 111 Å². The maximum Gasteiger partial charge on any atom is 0.193 e. The summed E-state index contributed by atoms with van der Waals surface area (Å²) >= 11 is 0. The molecule has 0 saturated heterocycles. The van der Waals surface area contributed by atoms with Crippen molar-refractivity contribution in [3.8, 4) is 44.8 Å².